The second-order valence-electron chi connectivity index (χ2n) is 3.09. The molecule has 1 aliphatic rings. The summed E-state index contributed by atoms with van der Waals surface area (Å²) in [6, 6.07) is 0. The first kappa shape index (κ1) is 9.82. The zero-order valence-electron chi connectivity index (χ0n) is 7.75. The molecule has 0 amide bonds. The van der Waals surface area contributed by atoms with Crippen LogP contribution in [0.1, 0.15) is 18.5 Å². The lowest BCUT2D eigenvalue weighted by molar-refractivity contribution is 1.03. The fraction of sp³-hybridized carbons (Fsp3) is 0.400. The van der Waals surface area contributed by atoms with E-state index in [-0.39, 0.29) is 0 Å². The first-order valence-corrected chi connectivity index (χ1v) is 5.98. The van der Waals surface area contributed by atoms with E-state index in [0.29, 0.717) is 16.8 Å². The van der Waals surface area contributed by atoms with Crippen molar-refractivity contribution in [1.29, 1.82) is 0 Å². The van der Waals surface area contributed by atoms with Gasteiger partial charge in [0.2, 0.25) is 0 Å². The summed E-state index contributed by atoms with van der Waals surface area (Å²) in [7, 11) is 0. The summed E-state index contributed by atoms with van der Waals surface area (Å²) < 4.78 is 0. The molecule has 14 heavy (non-hydrogen) atoms. The average molecular weight is 225 g/mol. The van der Waals surface area contributed by atoms with Gasteiger partial charge in [0, 0.05) is 5.92 Å². The fourth-order valence-electron chi connectivity index (χ4n) is 0.985. The summed E-state index contributed by atoms with van der Waals surface area (Å²) in [4.78, 5) is 8.31. The summed E-state index contributed by atoms with van der Waals surface area (Å²) in [5.41, 5.74) is 0.705. The molecule has 1 aromatic rings. The van der Waals surface area contributed by atoms with Crippen molar-refractivity contribution in [2.75, 3.05) is 6.26 Å². The highest BCUT2D eigenvalue weighted by Gasteiger charge is 2.18. The highest BCUT2D eigenvalue weighted by Crippen LogP contribution is 2.28. The molecule has 72 valence electrons. The summed E-state index contributed by atoms with van der Waals surface area (Å²) in [5, 5.41) is 1.26. The van der Waals surface area contributed by atoms with Gasteiger partial charge >= 0.3 is 0 Å². The summed E-state index contributed by atoms with van der Waals surface area (Å²) >= 11 is 7.30. The molecule has 1 fully saturated rings. The molecule has 4 heteroatoms. The molecule has 0 unspecified atom stereocenters. The fourth-order valence-corrected chi connectivity index (χ4v) is 1.57. The number of aromatic nitrogens is 2. The van der Waals surface area contributed by atoms with Crippen molar-refractivity contribution in [3.05, 3.63) is 17.0 Å². The molecule has 0 aromatic carbocycles. The normalized spacial score (nSPS) is 14.7. The first-order chi connectivity index (χ1) is 6.79. The van der Waals surface area contributed by atoms with Crippen LogP contribution in [0.3, 0.4) is 0 Å². The van der Waals surface area contributed by atoms with Crippen molar-refractivity contribution in [3.63, 3.8) is 0 Å². The van der Waals surface area contributed by atoms with Crippen molar-refractivity contribution < 1.29 is 0 Å². The van der Waals surface area contributed by atoms with Gasteiger partial charge in [-0.2, -0.15) is 0 Å². The Labute approximate surface area is 92.5 Å². The third-order valence-electron chi connectivity index (χ3n) is 1.87. The predicted molar refractivity (Wildman–Crippen MR) is 58.4 cm³/mol. The number of thioether (sulfide) groups is 1. The maximum atomic E-state index is 5.75. The second-order valence-corrected chi connectivity index (χ2v) is 4.28. The van der Waals surface area contributed by atoms with Gasteiger partial charge in [0.1, 0.15) is 15.9 Å². The molecule has 1 aromatic heterocycles. The number of rotatable bonds is 1. The summed E-state index contributed by atoms with van der Waals surface area (Å²) in [5.74, 6) is 6.76. The topological polar surface area (TPSA) is 25.8 Å². The molecule has 2 rings (SSSR count). The third-order valence-corrected chi connectivity index (χ3v) is 2.74. The van der Waals surface area contributed by atoms with Crippen LogP contribution in [0.15, 0.2) is 11.2 Å². The molecule has 1 saturated carbocycles. The minimum Gasteiger partial charge on any atom is -0.244 e. The summed E-state index contributed by atoms with van der Waals surface area (Å²) in [6.07, 6.45) is 5.95. The van der Waals surface area contributed by atoms with Crippen LogP contribution in [0.5, 0.6) is 0 Å². The highest BCUT2D eigenvalue weighted by atomic mass is 35.5. The lowest BCUT2D eigenvalue weighted by Crippen LogP contribution is -1.91. The Morgan fingerprint density at radius 1 is 1.57 bits per heavy atom. The van der Waals surface area contributed by atoms with Crippen molar-refractivity contribution in [3.8, 4) is 11.8 Å². The Bertz CT molecular complexity index is 404. The molecule has 0 saturated heterocycles. The SMILES string of the molecule is CSc1ncc(Cl)nc1C#CC1CC1. The molecule has 0 radical (unpaired) electrons. The molecule has 0 bridgehead atoms. The standard InChI is InChI=1S/C10H9ClN2S/c1-14-10-8(5-4-7-2-3-7)13-9(11)6-12-10/h6-7H,2-3H2,1H3. The van der Waals surface area contributed by atoms with Gasteiger partial charge in [-0.1, -0.05) is 17.5 Å². The van der Waals surface area contributed by atoms with Gasteiger partial charge in [-0.3, -0.25) is 0 Å². The molecule has 0 N–H and O–H groups in total. The van der Waals surface area contributed by atoms with E-state index in [1.807, 2.05) is 6.26 Å². The maximum Gasteiger partial charge on any atom is 0.148 e. The van der Waals surface area contributed by atoms with Crippen LogP contribution in [-0.2, 0) is 0 Å². The van der Waals surface area contributed by atoms with Crippen molar-refractivity contribution in [1.82, 2.24) is 9.97 Å². The van der Waals surface area contributed by atoms with Gasteiger partial charge in [-0.05, 0) is 25.0 Å². The van der Waals surface area contributed by atoms with Gasteiger partial charge in [-0.25, -0.2) is 9.97 Å². The smallest absolute Gasteiger partial charge is 0.148 e. The Balaban J connectivity index is 2.29. The number of hydrogen-bond donors (Lipinski definition) is 0. The quantitative estimate of drug-likeness (QED) is 0.542. The number of halogens is 1. The van der Waals surface area contributed by atoms with E-state index < -0.39 is 0 Å². The van der Waals surface area contributed by atoms with Crippen molar-refractivity contribution in [2.24, 2.45) is 5.92 Å². The molecule has 2 nitrogen and oxygen atoms in total. The highest BCUT2D eigenvalue weighted by molar-refractivity contribution is 7.98. The lowest BCUT2D eigenvalue weighted by atomic mass is 10.4. The molecule has 1 aliphatic carbocycles. The zero-order valence-corrected chi connectivity index (χ0v) is 9.32. The van der Waals surface area contributed by atoms with Crippen LogP contribution in [0, 0.1) is 17.8 Å². The largest absolute Gasteiger partial charge is 0.244 e. The van der Waals surface area contributed by atoms with Gasteiger partial charge in [0.05, 0.1) is 6.20 Å². The number of hydrogen-bond acceptors (Lipinski definition) is 3. The first-order valence-electron chi connectivity index (χ1n) is 4.37. The van der Waals surface area contributed by atoms with E-state index in [1.54, 1.807) is 18.0 Å². The monoisotopic (exact) mass is 224 g/mol. The average Bonchev–Trinajstić information content (AvgIpc) is 2.98. The Hall–Kier alpha value is -0.720. The lowest BCUT2D eigenvalue weighted by Gasteiger charge is -1.98. The Morgan fingerprint density at radius 3 is 3.00 bits per heavy atom. The maximum absolute atomic E-state index is 5.75. The van der Waals surface area contributed by atoms with E-state index >= 15 is 0 Å². The van der Waals surface area contributed by atoms with Crippen molar-refractivity contribution in [2.45, 2.75) is 17.9 Å². The van der Waals surface area contributed by atoms with E-state index in [4.69, 9.17) is 11.6 Å². The molecule has 1 heterocycles. The van der Waals surface area contributed by atoms with Crippen molar-refractivity contribution >= 4 is 23.4 Å². The van der Waals surface area contributed by atoms with Gasteiger partial charge in [0.25, 0.3) is 0 Å². The Morgan fingerprint density at radius 2 is 2.36 bits per heavy atom. The van der Waals surface area contributed by atoms with E-state index in [2.05, 4.69) is 21.8 Å². The van der Waals surface area contributed by atoms with Gasteiger partial charge < -0.3 is 0 Å². The third kappa shape index (κ3) is 2.40. The van der Waals surface area contributed by atoms with E-state index in [0.717, 1.165) is 5.03 Å². The molecular formula is C10H9ClN2S. The zero-order chi connectivity index (χ0) is 9.97. The van der Waals surface area contributed by atoms with Crippen LogP contribution in [-0.4, -0.2) is 16.2 Å². The van der Waals surface area contributed by atoms with Gasteiger partial charge in [-0.15, -0.1) is 11.8 Å². The van der Waals surface area contributed by atoms with Crippen LogP contribution < -0.4 is 0 Å². The van der Waals surface area contributed by atoms with Gasteiger partial charge in [0.15, 0.2) is 0 Å². The number of nitrogens with zero attached hydrogens (tertiary/aromatic N) is 2. The van der Waals surface area contributed by atoms with Crippen LogP contribution in [0.2, 0.25) is 5.15 Å². The van der Waals surface area contributed by atoms with Crippen LogP contribution in [0.25, 0.3) is 0 Å². The van der Waals surface area contributed by atoms with E-state index in [1.165, 1.54) is 12.8 Å². The minimum atomic E-state index is 0.405. The molecule has 0 spiro atoms. The van der Waals surface area contributed by atoms with Crippen LogP contribution >= 0.6 is 23.4 Å². The summed E-state index contributed by atoms with van der Waals surface area (Å²) in [6.45, 7) is 0. The molecule has 0 atom stereocenters. The van der Waals surface area contributed by atoms with E-state index in [9.17, 15) is 0 Å². The predicted octanol–water partition coefficient (Wildman–Crippen LogP) is 2.61. The minimum absolute atomic E-state index is 0.405. The molecular weight excluding hydrogens is 216 g/mol. The second kappa shape index (κ2) is 4.20. The van der Waals surface area contributed by atoms with Crippen LogP contribution in [0.4, 0.5) is 0 Å². The Kier molecular flexibility index (Phi) is 2.95. The molecule has 0 aliphatic heterocycles.